The molecule has 0 spiro atoms. The number of unbranched alkanes of at least 4 members (excludes halogenated alkanes) is 1. The molecule has 0 bridgehead atoms. The maximum atomic E-state index is 12.9. The van der Waals surface area contributed by atoms with E-state index in [1.807, 2.05) is 42.5 Å². The van der Waals surface area contributed by atoms with Gasteiger partial charge in [0.05, 0.1) is 18.0 Å². The second-order valence-electron chi connectivity index (χ2n) is 6.64. The molecule has 1 heterocycles. The Morgan fingerprint density at radius 2 is 1.85 bits per heavy atom. The number of thioether (sulfide) groups is 1. The zero-order valence-corrected chi connectivity index (χ0v) is 16.7. The normalized spacial score (nSPS) is 18.7. The fraction of sp³-hybridized carbons (Fsp3) is 0.318. The average Bonchev–Trinajstić information content (AvgIpc) is 2.98. The van der Waals surface area contributed by atoms with E-state index in [4.69, 9.17) is 0 Å². The monoisotopic (exact) mass is 379 g/mol. The van der Waals surface area contributed by atoms with Crippen LogP contribution in [-0.4, -0.2) is 27.4 Å². The molecule has 1 saturated heterocycles. The highest BCUT2D eigenvalue weighted by Crippen LogP contribution is 2.32. The van der Waals surface area contributed by atoms with E-state index in [2.05, 4.69) is 36.2 Å². The van der Waals surface area contributed by atoms with Crippen LogP contribution in [0.1, 0.15) is 42.9 Å². The summed E-state index contributed by atoms with van der Waals surface area (Å²) in [4.78, 5) is 14.7. The lowest BCUT2D eigenvalue weighted by atomic mass is 10.1. The number of amides is 1. The van der Waals surface area contributed by atoms with Crippen molar-refractivity contribution in [1.82, 2.24) is 4.90 Å². The van der Waals surface area contributed by atoms with E-state index in [1.165, 1.54) is 17.3 Å². The second kappa shape index (κ2) is 9.51. The van der Waals surface area contributed by atoms with Crippen LogP contribution in [0.3, 0.4) is 0 Å². The van der Waals surface area contributed by atoms with Crippen LogP contribution in [0.4, 0.5) is 0 Å². The van der Waals surface area contributed by atoms with Gasteiger partial charge in [0.25, 0.3) is 0 Å². The Hall–Kier alpha value is -2.40. The van der Waals surface area contributed by atoms with Crippen LogP contribution >= 0.6 is 11.8 Å². The number of benzene rings is 2. The summed E-state index contributed by atoms with van der Waals surface area (Å²) in [5.41, 5.74) is 3.31. The smallest absolute Gasteiger partial charge is 0.242 e. The third kappa shape index (κ3) is 5.07. The second-order valence-corrected chi connectivity index (χ2v) is 7.81. The first-order valence-electron chi connectivity index (χ1n) is 9.37. The molecule has 5 heteroatoms. The number of hydrogen-bond donors (Lipinski definition) is 0. The molecular weight excluding hydrogens is 354 g/mol. The van der Waals surface area contributed by atoms with Gasteiger partial charge in [0.15, 0.2) is 5.17 Å². The molecule has 1 aliphatic rings. The molecule has 2 aromatic carbocycles. The highest BCUT2D eigenvalue weighted by molar-refractivity contribution is 8.15. The lowest BCUT2D eigenvalue weighted by molar-refractivity contribution is -0.126. The van der Waals surface area contributed by atoms with Crippen LogP contribution in [0.25, 0.3) is 0 Å². The summed E-state index contributed by atoms with van der Waals surface area (Å²) in [5, 5.41) is 9.26. The highest BCUT2D eigenvalue weighted by Gasteiger charge is 2.37. The van der Waals surface area contributed by atoms with E-state index in [0.717, 1.165) is 30.4 Å². The fourth-order valence-corrected chi connectivity index (χ4v) is 4.09. The van der Waals surface area contributed by atoms with Gasteiger partial charge in [-0.25, -0.2) is 0 Å². The van der Waals surface area contributed by atoms with Crippen molar-refractivity contribution in [3.05, 3.63) is 71.3 Å². The van der Waals surface area contributed by atoms with Gasteiger partial charge in [-0.15, -0.1) is 5.10 Å². The Kier molecular flexibility index (Phi) is 6.82. The quantitative estimate of drug-likeness (QED) is 0.501. The van der Waals surface area contributed by atoms with Gasteiger partial charge in [0, 0.05) is 0 Å². The molecule has 1 amide bonds. The van der Waals surface area contributed by atoms with Crippen molar-refractivity contribution in [1.29, 1.82) is 0 Å². The Bertz CT molecular complexity index is 832. The van der Waals surface area contributed by atoms with Crippen molar-refractivity contribution in [2.45, 2.75) is 44.9 Å². The Labute approximate surface area is 165 Å². The predicted molar refractivity (Wildman–Crippen MR) is 114 cm³/mol. The largest absolute Gasteiger partial charge is 0.284 e. The van der Waals surface area contributed by atoms with Gasteiger partial charge in [-0.3, -0.25) is 9.69 Å². The zero-order chi connectivity index (χ0) is 19.1. The zero-order valence-electron chi connectivity index (χ0n) is 15.8. The van der Waals surface area contributed by atoms with Gasteiger partial charge in [-0.2, -0.15) is 5.10 Å². The van der Waals surface area contributed by atoms with Gasteiger partial charge < -0.3 is 0 Å². The third-order valence-electron chi connectivity index (χ3n) is 4.58. The fourth-order valence-electron chi connectivity index (χ4n) is 2.95. The van der Waals surface area contributed by atoms with Crippen LogP contribution in [0.2, 0.25) is 0 Å². The molecule has 0 saturated carbocycles. The van der Waals surface area contributed by atoms with E-state index >= 15 is 0 Å². The summed E-state index contributed by atoms with van der Waals surface area (Å²) < 4.78 is 0. The van der Waals surface area contributed by atoms with Gasteiger partial charge in [0.1, 0.15) is 0 Å². The van der Waals surface area contributed by atoms with Crippen molar-refractivity contribution >= 4 is 29.1 Å². The lowest BCUT2D eigenvalue weighted by Crippen LogP contribution is -2.31. The molecule has 2 aromatic rings. The molecule has 140 valence electrons. The van der Waals surface area contributed by atoms with E-state index in [0.29, 0.717) is 11.7 Å². The first kappa shape index (κ1) is 19.4. The number of carbonyl (C=O) groups is 1. The molecule has 0 N–H and O–H groups in total. The Morgan fingerprint density at radius 3 is 2.59 bits per heavy atom. The molecule has 0 aromatic heterocycles. The standard InChI is InChI=1S/C22H25N3OS/c1-3-4-14-20-21(26)25(16-19-13-9-8-10-17(19)2)22(27-20)24-23-15-18-11-6-5-7-12-18/h5-13,15,20H,3-4,14,16H2,1-2H3/b23-15+,24-22-. The number of aryl methyl sites for hydroxylation is 1. The van der Waals surface area contributed by atoms with Crippen LogP contribution in [0, 0.1) is 6.92 Å². The van der Waals surface area contributed by atoms with Crippen LogP contribution in [-0.2, 0) is 11.3 Å². The average molecular weight is 380 g/mol. The number of rotatable bonds is 7. The molecule has 27 heavy (non-hydrogen) atoms. The van der Waals surface area contributed by atoms with Crippen LogP contribution in [0.15, 0.2) is 64.8 Å². The molecule has 1 aliphatic heterocycles. The minimum Gasteiger partial charge on any atom is -0.284 e. The number of carbonyl (C=O) groups excluding carboxylic acids is 1. The van der Waals surface area contributed by atoms with Crippen molar-refractivity contribution in [3.63, 3.8) is 0 Å². The minimum atomic E-state index is -0.0559. The number of amidine groups is 1. The summed E-state index contributed by atoms with van der Waals surface area (Å²) in [6, 6.07) is 18.0. The molecule has 1 unspecified atom stereocenters. The summed E-state index contributed by atoms with van der Waals surface area (Å²) in [6.07, 6.45) is 4.73. The molecule has 1 fully saturated rings. The van der Waals surface area contributed by atoms with Gasteiger partial charge in [-0.1, -0.05) is 86.1 Å². The molecule has 0 aliphatic carbocycles. The summed E-state index contributed by atoms with van der Waals surface area (Å²) in [7, 11) is 0. The van der Waals surface area contributed by atoms with Crippen molar-refractivity contribution in [2.24, 2.45) is 10.2 Å². The van der Waals surface area contributed by atoms with Gasteiger partial charge in [-0.05, 0) is 30.0 Å². The van der Waals surface area contributed by atoms with Crippen LogP contribution in [0.5, 0.6) is 0 Å². The van der Waals surface area contributed by atoms with E-state index in [9.17, 15) is 4.79 Å². The van der Waals surface area contributed by atoms with E-state index in [-0.39, 0.29) is 11.2 Å². The number of hydrogen-bond acceptors (Lipinski definition) is 4. The minimum absolute atomic E-state index is 0.0559. The van der Waals surface area contributed by atoms with Crippen LogP contribution < -0.4 is 0 Å². The molecule has 4 nitrogen and oxygen atoms in total. The van der Waals surface area contributed by atoms with E-state index in [1.54, 1.807) is 11.1 Å². The van der Waals surface area contributed by atoms with E-state index < -0.39 is 0 Å². The van der Waals surface area contributed by atoms with Gasteiger partial charge >= 0.3 is 0 Å². The van der Waals surface area contributed by atoms with Crippen molar-refractivity contribution in [3.8, 4) is 0 Å². The predicted octanol–water partition coefficient (Wildman–Crippen LogP) is 5.02. The Balaban J connectivity index is 1.81. The first-order chi connectivity index (χ1) is 13.2. The molecule has 3 rings (SSSR count). The van der Waals surface area contributed by atoms with Gasteiger partial charge in [0.2, 0.25) is 5.91 Å². The number of nitrogens with zero attached hydrogens (tertiary/aromatic N) is 3. The Morgan fingerprint density at radius 1 is 1.11 bits per heavy atom. The summed E-state index contributed by atoms with van der Waals surface area (Å²) >= 11 is 1.54. The topological polar surface area (TPSA) is 45.0 Å². The maximum absolute atomic E-state index is 12.9. The first-order valence-corrected chi connectivity index (χ1v) is 10.3. The van der Waals surface area contributed by atoms with Crippen molar-refractivity contribution in [2.75, 3.05) is 0 Å². The molecule has 0 radical (unpaired) electrons. The lowest BCUT2D eigenvalue weighted by Gasteiger charge is -2.17. The summed E-state index contributed by atoms with van der Waals surface area (Å²) in [6.45, 7) is 4.76. The highest BCUT2D eigenvalue weighted by atomic mass is 32.2. The third-order valence-corrected chi connectivity index (χ3v) is 5.81. The van der Waals surface area contributed by atoms with Crippen molar-refractivity contribution < 1.29 is 4.79 Å². The summed E-state index contributed by atoms with van der Waals surface area (Å²) in [5.74, 6) is 0.144. The molecule has 1 atom stereocenters. The molecular formula is C22H25N3OS. The maximum Gasteiger partial charge on any atom is 0.242 e. The SMILES string of the molecule is CCCCC1S/C(=N\N=C\c2ccccc2)N(Cc2ccccc2C)C1=O.